The van der Waals surface area contributed by atoms with E-state index in [-0.39, 0.29) is 23.2 Å². The lowest BCUT2D eigenvalue weighted by atomic mass is 10.2. The third-order valence-corrected chi connectivity index (χ3v) is 3.27. The largest absolute Gasteiger partial charge is 0.418 e. The fourth-order valence-electron chi connectivity index (χ4n) is 1.79. The van der Waals surface area contributed by atoms with Gasteiger partial charge in [-0.05, 0) is 18.4 Å². The minimum Gasteiger partial charge on any atom is -0.368 e. The zero-order valence-electron chi connectivity index (χ0n) is 11.0. The molecule has 0 unspecified atom stereocenters. The number of hydrogen-bond acceptors (Lipinski definition) is 7. The summed E-state index contributed by atoms with van der Waals surface area (Å²) < 4.78 is 40.2. The van der Waals surface area contributed by atoms with Crippen molar-refractivity contribution < 1.29 is 13.2 Å². The number of alkyl halides is 3. The molecule has 0 bridgehead atoms. The van der Waals surface area contributed by atoms with E-state index in [2.05, 4.69) is 25.0 Å². The minimum absolute atomic E-state index is 0.0161. The van der Waals surface area contributed by atoms with Crippen molar-refractivity contribution >= 4 is 23.5 Å². The Kier molecular flexibility index (Phi) is 3.35. The van der Waals surface area contributed by atoms with Crippen LogP contribution in [0.3, 0.4) is 0 Å². The summed E-state index contributed by atoms with van der Waals surface area (Å²) in [6.45, 7) is 0. The molecule has 22 heavy (non-hydrogen) atoms. The molecule has 0 aromatic carbocycles. The minimum atomic E-state index is -4.57. The summed E-state index contributed by atoms with van der Waals surface area (Å²) in [6.07, 6.45) is -1.59. The second kappa shape index (κ2) is 5.09. The van der Waals surface area contributed by atoms with Crippen LogP contribution in [-0.2, 0) is 6.18 Å². The number of halogens is 3. The Hall–Kier alpha value is -2.43. The molecule has 11 heteroatoms. The fraction of sp³-hybridized carbons (Fsp3) is 0.182. The molecule has 0 aliphatic carbocycles. The van der Waals surface area contributed by atoms with Crippen LogP contribution >= 0.6 is 11.8 Å². The zero-order chi connectivity index (χ0) is 15.9. The molecule has 0 spiro atoms. The molecule has 0 amide bonds. The molecular formula is C11H8F3N7S. The fourth-order valence-corrected chi connectivity index (χ4v) is 2.15. The van der Waals surface area contributed by atoms with Gasteiger partial charge in [0.15, 0.2) is 5.16 Å². The predicted molar refractivity (Wildman–Crippen MR) is 73.0 cm³/mol. The first-order valence-corrected chi connectivity index (χ1v) is 7.09. The van der Waals surface area contributed by atoms with Gasteiger partial charge in [-0.2, -0.15) is 32.6 Å². The molecule has 0 aliphatic rings. The van der Waals surface area contributed by atoms with Crippen LogP contribution in [0.5, 0.6) is 0 Å². The van der Waals surface area contributed by atoms with Gasteiger partial charge in [0.05, 0.1) is 5.56 Å². The number of pyridine rings is 1. The number of anilines is 1. The predicted octanol–water partition coefficient (Wildman–Crippen LogP) is 1.90. The van der Waals surface area contributed by atoms with Crippen LogP contribution < -0.4 is 5.73 Å². The number of thioether (sulfide) groups is 1. The van der Waals surface area contributed by atoms with E-state index < -0.39 is 11.7 Å². The Labute approximate surface area is 125 Å². The van der Waals surface area contributed by atoms with Gasteiger partial charge >= 0.3 is 6.18 Å². The molecule has 0 atom stereocenters. The van der Waals surface area contributed by atoms with E-state index in [1.165, 1.54) is 24.0 Å². The van der Waals surface area contributed by atoms with Crippen LogP contribution in [-0.4, -0.2) is 35.8 Å². The highest BCUT2D eigenvalue weighted by atomic mass is 32.2. The van der Waals surface area contributed by atoms with Crippen molar-refractivity contribution in [3.8, 4) is 11.5 Å². The second-order valence-corrected chi connectivity index (χ2v) is 4.89. The lowest BCUT2D eigenvalue weighted by molar-refractivity contribution is -0.137. The average Bonchev–Trinajstić information content (AvgIpc) is 2.90. The van der Waals surface area contributed by atoms with Crippen molar-refractivity contribution in [3.05, 3.63) is 23.9 Å². The normalized spacial score (nSPS) is 12.0. The van der Waals surface area contributed by atoms with Crippen molar-refractivity contribution in [2.24, 2.45) is 0 Å². The summed E-state index contributed by atoms with van der Waals surface area (Å²) in [6, 6.07) is 2.11. The van der Waals surface area contributed by atoms with Crippen molar-refractivity contribution in [1.29, 1.82) is 0 Å². The topological polar surface area (TPSA) is 94.9 Å². The Morgan fingerprint density at radius 1 is 1.23 bits per heavy atom. The van der Waals surface area contributed by atoms with Gasteiger partial charge in [-0.15, -0.1) is 5.10 Å². The first-order valence-electron chi connectivity index (χ1n) is 5.87. The lowest BCUT2D eigenvalue weighted by Gasteiger charge is -2.08. The highest BCUT2D eigenvalue weighted by molar-refractivity contribution is 7.98. The number of nitrogen functional groups attached to an aromatic ring is 1. The molecule has 0 radical (unpaired) electrons. The summed E-state index contributed by atoms with van der Waals surface area (Å²) in [5, 5.41) is 4.26. The molecule has 3 aromatic rings. The Morgan fingerprint density at radius 2 is 2.00 bits per heavy atom. The van der Waals surface area contributed by atoms with Crippen molar-refractivity contribution in [1.82, 2.24) is 29.5 Å². The average molecular weight is 327 g/mol. The van der Waals surface area contributed by atoms with E-state index in [0.29, 0.717) is 5.16 Å². The third kappa shape index (κ3) is 2.43. The maximum atomic E-state index is 13.0. The molecule has 7 nitrogen and oxygen atoms in total. The van der Waals surface area contributed by atoms with Gasteiger partial charge in [0.25, 0.3) is 5.78 Å². The maximum Gasteiger partial charge on any atom is 0.418 e. The number of aromatic nitrogens is 6. The third-order valence-electron chi connectivity index (χ3n) is 2.72. The van der Waals surface area contributed by atoms with Crippen LogP contribution in [0, 0.1) is 0 Å². The number of nitrogens with zero attached hydrogens (tertiary/aromatic N) is 6. The Morgan fingerprint density at radius 3 is 2.68 bits per heavy atom. The van der Waals surface area contributed by atoms with Crippen molar-refractivity contribution in [3.63, 3.8) is 0 Å². The van der Waals surface area contributed by atoms with Gasteiger partial charge in [0.2, 0.25) is 11.8 Å². The first-order chi connectivity index (χ1) is 10.4. The monoisotopic (exact) mass is 327 g/mol. The number of nitrogens with two attached hydrogens (primary N) is 1. The highest BCUT2D eigenvalue weighted by Gasteiger charge is 2.35. The van der Waals surface area contributed by atoms with Gasteiger partial charge < -0.3 is 5.73 Å². The smallest absolute Gasteiger partial charge is 0.368 e. The zero-order valence-corrected chi connectivity index (χ0v) is 11.9. The van der Waals surface area contributed by atoms with E-state index in [1.807, 2.05) is 0 Å². The van der Waals surface area contributed by atoms with Gasteiger partial charge in [0.1, 0.15) is 5.69 Å². The van der Waals surface area contributed by atoms with E-state index in [1.54, 1.807) is 6.26 Å². The lowest BCUT2D eigenvalue weighted by Crippen LogP contribution is -2.09. The molecule has 114 valence electrons. The number of hydrogen-bond donors (Lipinski definition) is 1. The number of rotatable bonds is 2. The second-order valence-electron chi connectivity index (χ2n) is 4.11. The molecule has 0 saturated heterocycles. The molecule has 0 aliphatic heterocycles. The molecule has 0 saturated carbocycles. The maximum absolute atomic E-state index is 13.0. The van der Waals surface area contributed by atoms with Crippen molar-refractivity contribution in [2.75, 3.05) is 12.0 Å². The molecule has 3 rings (SSSR count). The number of fused-ring (bicyclic) bond motifs is 1. The van der Waals surface area contributed by atoms with E-state index >= 15 is 0 Å². The highest BCUT2D eigenvalue weighted by Crippen LogP contribution is 2.34. The van der Waals surface area contributed by atoms with Crippen LogP contribution in [0.2, 0.25) is 0 Å². The summed E-state index contributed by atoms with van der Waals surface area (Å²) in [5.41, 5.74) is 4.39. The Balaban J connectivity index is 2.22. The summed E-state index contributed by atoms with van der Waals surface area (Å²) in [7, 11) is 0. The standard InChI is InChI=1S/C11H8F3N7S/c1-22-10-18-8(15)21-9(19-10)17-7(20-21)6-5(11(12,13)14)3-2-4-16-6/h2-4H,1H3,(H2,15,17,18,19,20). The van der Waals surface area contributed by atoms with Crippen LogP contribution in [0.15, 0.2) is 23.5 Å². The SMILES string of the molecule is CSc1nc(N)n2nc(-c3ncccc3C(F)(F)F)nc2n1. The molecule has 3 aromatic heterocycles. The molecular weight excluding hydrogens is 319 g/mol. The first kappa shape index (κ1) is 14.5. The molecule has 2 N–H and O–H groups in total. The quantitative estimate of drug-likeness (QED) is 0.718. The van der Waals surface area contributed by atoms with Gasteiger partial charge in [-0.3, -0.25) is 4.98 Å². The van der Waals surface area contributed by atoms with Crippen LogP contribution in [0.25, 0.3) is 17.3 Å². The van der Waals surface area contributed by atoms with Gasteiger partial charge in [-0.1, -0.05) is 11.8 Å². The summed E-state index contributed by atoms with van der Waals surface area (Å²) in [5.74, 6) is -0.171. The van der Waals surface area contributed by atoms with E-state index in [0.717, 1.165) is 10.6 Å². The Bertz CT molecular complexity index is 845. The summed E-state index contributed by atoms with van der Waals surface area (Å²) >= 11 is 1.23. The van der Waals surface area contributed by atoms with Crippen molar-refractivity contribution in [2.45, 2.75) is 11.3 Å². The van der Waals surface area contributed by atoms with Gasteiger partial charge in [-0.25, -0.2) is 0 Å². The van der Waals surface area contributed by atoms with Crippen LogP contribution in [0.1, 0.15) is 5.56 Å². The molecule has 3 heterocycles. The summed E-state index contributed by atoms with van der Waals surface area (Å²) in [4.78, 5) is 15.7. The van der Waals surface area contributed by atoms with Gasteiger partial charge in [0, 0.05) is 6.20 Å². The van der Waals surface area contributed by atoms with E-state index in [9.17, 15) is 13.2 Å². The molecule has 0 fully saturated rings. The van der Waals surface area contributed by atoms with Crippen LogP contribution in [0.4, 0.5) is 19.1 Å². The van der Waals surface area contributed by atoms with E-state index in [4.69, 9.17) is 5.73 Å².